The summed E-state index contributed by atoms with van der Waals surface area (Å²) in [5.74, 6) is 0. The van der Waals surface area contributed by atoms with Crippen LogP contribution in [-0.2, 0) is 21.3 Å². The number of rotatable bonds is 8. The van der Waals surface area contributed by atoms with Crippen LogP contribution in [0.5, 0.6) is 0 Å². The summed E-state index contributed by atoms with van der Waals surface area (Å²) < 4.78 is 32.1. The molecule has 0 fully saturated rings. The Hall–Kier alpha value is -0.470. The molecule has 1 aromatic rings. The number of thiophene rings is 1. The van der Waals surface area contributed by atoms with Crippen molar-refractivity contribution in [1.29, 1.82) is 0 Å². The van der Waals surface area contributed by atoms with E-state index in [1.165, 1.54) is 15.6 Å². The highest BCUT2D eigenvalue weighted by Gasteiger charge is 2.30. The predicted molar refractivity (Wildman–Crippen MR) is 82.7 cm³/mol. The number of sulfonamides is 1. The number of ether oxygens (including phenoxy) is 1. The Balaban J connectivity index is 3.13. The van der Waals surface area contributed by atoms with E-state index in [-0.39, 0.29) is 6.04 Å². The lowest BCUT2D eigenvalue weighted by molar-refractivity contribution is 0.142. The van der Waals surface area contributed by atoms with E-state index in [0.717, 1.165) is 9.75 Å². The summed E-state index contributed by atoms with van der Waals surface area (Å²) in [6.45, 7) is 7.07. The molecule has 0 saturated heterocycles. The SMILES string of the molecule is CCN(C(C)COC)S(=O)(=O)c1cc(CNC)sc1C. The minimum absolute atomic E-state index is 0.179. The second-order valence-electron chi connectivity index (χ2n) is 4.68. The summed E-state index contributed by atoms with van der Waals surface area (Å²) in [5, 5.41) is 3.04. The van der Waals surface area contributed by atoms with Crippen LogP contribution in [0.25, 0.3) is 0 Å². The second kappa shape index (κ2) is 7.51. The van der Waals surface area contributed by atoms with Crippen LogP contribution < -0.4 is 5.32 Å². The quantitative estimate of drug-likeness (QED) is 0.794. The third kappa shape index (κ3) is 3.79. The van der Waals surface area contributed by atoms with Gasteiger partial charge in [-0.1, -0.05) is 6.92 Å². The van der Waals surface area contributed by atoms with Gasteiger partial charge in [0.1, 0.15) is 0 Å². The number of methoxy groups -OCH3 is 1. The Kier molecular flexibility index (Phi) is 6.60. The van der Waals surface area contributed by atoms with Gasteiger partial charge in [0.05, 0.1) is 11.5 Å². The topological polar surface area (TPSA) is 58.6 Å². The highest BCUT2D eigenvalue weighted by Crippen LogP contribution is 2.29. The molecule has 20 heavy (non-hydrogen) atoms. The molecule has 1 aromatic heterocycles. The highest BCUT2D eigenvalue weighted by molar-refractivity contribution is 7.89. The maximum atomic E-state index is 12.8. The van der Waals surface area contributed by atoms with E-state index in [2.05, 4.69) is 5.32 Å². The lowest BCUT2D eigenvalue weighted by atomic mass is 10.4. The molecular weight excluding hydrogens is 296 g/mol. The van der Waals surface area contributed by atoms with Gasteiger partial charge in [-0.3, -0.25) is 0 Å². The Morgan fingerprint density at radius 2 is 2.15 bits per heavy atom. The molecule has 0 aliphatic heterocycles. The number of nitrogens with one attached hydrogen (secondary N) is 1. The third-order valence-corrected chi connectivity index (χ3v) is 6.47. The standard InChI is InChI=1S/C13H24N2O3S2/c1-6-15(10(2)9-18-5)20(16,17)13-7-12(8-14-4)19-11(13)3/h7,10,14H,6,8-9H2,1-5H3. The Labute approximate surface area is 126 Å². The summed E-state index contributed by atoms with van der Waals surface area (Å²) in [7, 11) is -0.0341. The van der Waals surface area contributed by atoms with Crippen molar-refractivity contribution >= 4 is 21.4 Å². The lowest BCUT2D eigenvalue weighted by Crippen LogP contribution is -2.40. The minimum atomic E-state index is -3.46. The van der Waals surface area contributed by atoms with Crippen molar-refractivity contribution in [3.05, 3.63) is 15.8 Å². The van der Waals surface area contributed by atoms with Gasteiger partial charge in [-0.2, -0.15) is 4.31 Å². The van der Waals surface area contributed by atoms with Gasteiger partial charge in [0.15, 0.2) is 0 Å². The number of aryl methyl sites for hydroxylation is 1. The van der Waals surface area contributed by atoms with Crippen molar-refractivity contribution in [1.82, 2.24) is 9.62 Å². The van der Waals surface area contributed by atoms with E-state index in [0.29, 0.717) is 24.6 Å². The molecule has 1 rings (SSSR count). The van der Waals surface area contributed by atoms with Crippen LogP contribution in [0, 0.1) is 6.92 Å². The van der Waals surface area contributed by atoms with Crippen molar-refractivity contribution < 1.29 is 13.2 Å². The number of likely N-dealkylation sites (N-methyl/N-ethyl adjacent to an activating group) is 1. The van der Waals surface area contributed by atoms with E-state index >= 15 is 0 Å². The van der Waals surface area contributed by atoms with E-state index in [1.807, 2.05) is 27.8 Å². The van der Waals surface area contributed by atoms with Crippen molar-refractivity contribution in [3.8, 4) is 0 Å². The third-order valence-electron chi connectivity index (χ3n) is 3.07. The molecular formula is C13H24N2O3S2. The van der Waals surface area contributed by atoms with Crippen molar-refractivity contribution in [2.24, 2.45) is 0 Å². The molecule has 5 nitrogen and oxygen atoms in total. The first-order chi connectivity index (χ1) is 9.38. The smallest absolute Gasteiger partial charge is 0.244 e. The van der Waals surface area contributed by atoms with Gasteiger partial charge in [-0.25, -0.2) is 8.42 Å². The van der Waals surface area contributed by atoms with Gasteiger partial charge >= 0.3 is 0 Å². The van der Waals surface area contributed by atoms with Crippen LogP contribution >= 0.6 is 11.3 Å². The average Bonchev–Trinajstić information content (AvgIpc) is 2.72. The summed E-state index contributed by atoms with van der Waals surface area (Å²) in [5.41, 5.74) is 0. The molecule has 0 aliphatic carbocycles. The molecule has 1 atom stereocenters. The van der Waals surface area contributed by atoms with Crippen LogP contribution in [0.3, 0.4) is 0 Å². The predicted octanol–water partition coefficient (Wildman–Crippen LogP) is 1.82. The molecule has 7 heteroatoms. The van der Waals surface area contributed by atoms with E-state index in [4.69, 9.17) is 4.74 Å². The fourth-order valence-corrected chi connectivity index (χ4v) is 5.45. The molecule has 0 spiro atoms. The maximum Gasteiger partial charge on any atom is 0.244 e. The van der Waals surface area contributed by atoms with Crippen LogP contribution in [-0.4, -0.2) is 46.1 Å². The first-order valence-corrected chi connectivity index (χ1v) is 8.88. The van der Waals surface area contributed by atoms with Gasteiger partial charge in [0, 0.05) is 36.0 Å². The van der Waals surface area contributed by atoms with Gasteiger partial charge in [0.2, 0.25) is 10.0 Å². The number of hydrogen-bond acceptors (Lipinski definition) is 5. The maximum absolute atomic E-state index is 12.8. The monoisotopic (exact) mass is 320 g/mol. The molecule has 0 amide bonds. The highest BCUT2D eigenvalue weighted by atomic mass is 32.2. The van der Waals surface area contributed by atoms with Gasteiger partial charge in [-0.15, -0.1) is 11.3 Å². The molecule has 0 aromatic carbocycles. The lowest BCUT2D eigenvalue weighted by Gasteiger charge is -2.26. The molecule has 0 bridgehead atoms. The summed E-state index contributed by atoms with van der Waals surface area (Å²) in [6, 6.07) is 1.59. The molecule has 1 N–H and O–H groups in total. The van der Waals surface area contributed by atoms with Crippen molar-refractivity contribution in [2.75, 3.05) is 27.3 Å². The summed E-state index contributed by atoms with van der Waals surface area (Å²) in [6.07, 6.45) is 0. The molecule has 116 valence electrons. The van der Waals surface area contributed by atoms with E-state index < -0.39 is 10.0 Å². The van der Waals surface area contributed by atoms with Crippen molar-refractivity contribution in [3.63, 3.8) is 0 Å². The zero-order valence-electron chi connectivity index (χ0n) is 12.8. The summed E-state index contributed by atoms with van der Waals surface area (Å²) in [4.78, 5) is 2.27. The number of hydrogen-bond donors (Lipinski definition) is 1. The van der Waals surface area contributed by atoms with E-state index in [1.54, 1.807) is 13.2 Å². The Bertz CT molecular complexity index is 526. The van der Waals surface area contributed by atoms with Crippen LogP contribution in [0.15, 0.2) is 11.0 Å². The Morgan fingerprint density at radius 1 is 1.50 bits per heavy atom. The normalized spacial score (nSPS) is 13.9. The van der Waals surface area contributed by atoms with Gasteiger partial charge < -0.3 is 10.1 Å². The zero-order valence-corrected chi connectivity index (χ0v) is 14.4. The average molecular weight is 320 g/mol. The van der Waals surface area contributed by atoms with Crippen LogP contribution in [0.1, 0.15) is 23.6 Å². The van der Waals surface area contributed by atoms with Crippen LogP contribution in [0.2, 0.25) is 0 Å². The van der Waals surface area contributed by atoms with Gasteiger partial charge in [-0.05, 0) is 27.0 Å². The van der Waals surface area contributed by atoms with E-state index in [9.17, 15) is 8.42 Å². The molecule has 0 aliphatic rings. The summed E-state index contributed by atoms with van der Waals surface area (Å²) >= 11 is 1.52. The van der Waals surface area contributed by atoms with Crippen LogP contribution in [0.4, 0.5) is 0 Å². The minimum Gasteiger partial charge on any atom is -0.383 e. The first-order valence-electron chi connectivity index (χ1n) is 6.63. The largest absolute Gasteiger partial charge is 0.383 e. The van der Waals surface area contributed by atoms with Crippen molar-refractivity contribution in [2.45, 2.75) is 38.3 Å². The molecule has 0 radical (unpaired) electrons. The van der Waals surface area contributed by atoms with Gasteiger partial charge in [0.25, 0.3) is 0 Å². The zero-order chi connectivity index (χ0) is 15.3. The first kappa shape index (κ1) is 17.6. The fraction of sp³-hybridized carbons (Fsp3) is 0.692. The fourth-order valence-electron chi connectivity index (χ4n) is 2.21. The molecule has 1 heterocycles. The molecule has 0 saturated carbocycles. The number of nitrogens with zero attached hydrogens (tertiary/aromatic N) is 1. The second-order valence-corrected chi connectivity index (χ2v) is 7.88. The Morgan fingerprint density at radius 3 is 2.65 bits per heavy atom. The molecule has 1 unspecified atom stereocenters.